The van der Waals surface area contributed by atoms with Gasteiger partial charge < -0.3 is 14.8 Å². The second-order valence-corrected chi connectivity index (χ2v) is 7.67. The number of H-pyrrole nitrogens is 1. The molecule has 1 aliphatic rings. The van der Waals surface area contributed by atoms with Crippen LogP contribution in [0.4, 0.5) is 0 Å². The van der Waals surface area contributed by atoms with Crippen molar-refractivity contribution in [3.8, 4) is 0 Å². The summed E-state index contributed by atoms with van der Waals surface area (Å²) in [6.45, 7) is 10.7. The lowest BCUT2D eigenvalue weighted by Gasteiger charge is -2.46. The average Bonchev–Trinajstić information content (AvgIpc) is 2.47. The number of aromatic nitrogens is 1. The van der Waals surface area contributed by atoms with Crippen LogP contribution in [0, 0.1) is 5.41 Å². The summed E-state index contributed by atoms with van der Waals surface area (Å²) in [5.41, 5.74) is -0.0952. The number of piperazine rings is 1. The molecule has 0 saturated carbocycles. The summed E-state index contributed by atoms with van der Waals surface area (Å²) in [4.78, 5) is 43.5. The van der Waals surface area contributed by atoms with Crippen molar-refractivity contribution >= 4 is 11.8 Å². The van der Waals surface area contributed by atoms with Gasteiger partial charge in [-0.3, -0.25) is 14.4 Å². The van der Waals surface area contributed by atoms with Gasteiger partial charge in [0, 0.05) is 54.6 Å². The van der Waals surface area contributed by atoms with Gasteiger partial charge in [0.05, 0.1) is 6.42 Å². The Kier molecular flexibility index (Phi) is 5.16. The van der Waals surface area contributed by atoms with Crippen LogP contribution < -0.4 is 5.43 Å². The van der Waals surface area contributed by atoms with Gasteiger partial charge in [0.15, 0.2) is 5.43 Å². The third-order valence-corrected chi connectivity index (χ3v) is 4.38. The first-order valence-corrected chi connectivity index (χ1v) is 8.37. The second kappa shape index (κ2) is 6.79. The quantitative estimate of drug-likeness (QED) is 0.889. The number of nitrogens with one attached hydrogen (secondary N) is 1. The fourth-order valence-corrected chi connectivity index (χ4v) is 3.30. The molecule has 2 heterocycles. The number of hydrogen-bond donors (Lipinski definition) is 1. The SMILES string of the molecule is CC1CN(C(=O)C(C)(C)C)CC(C)N1C(=O)Cc1c[nH]ccc1=O. The van der Waals surface area contributed by atoms with Gasteiger partial charge in [-0.05, 0) is 13.8 Å². The lowest BCUT2D eigenvalue weighted by atomic mass is 9.93. The lowest BCUT2D eigenvalue weighted by Crippen LogP contribution is -2.61. The molecule has 0 spiro atoms. The maximum absolute atomic E-state index is 12.7. The van der Waals surface area contributed by atoms with Gasteiger partial charge in [-0.2, -0.15) is 0 Å². The van der Waals surface area contributed by atoms with E-state index < -0.39 is 5.41 Å². The van der Waals surface area contributed by atoms with Gasteiger partial charge in [-0.15, -0.1) is 0 Å². The van der Waals surface area contributed by atoms with Gasteiger partial charge in [0.1, 0.15) is 0 Å². The van der Waals surface area contributed by atoms with Crippen molar-refractivity contribution in [2.75, 3.05) is 13.1 Å². The largest absolute Gasteiger partial charge is 0.367 e. The minimum Gasteiger partial charge on any atom is -0.367 e. The van der Waals surface area contributed by atoms with Crippen molar-refractivity contribution < 1.29 is 9.59 Å². The number of hydrogen-bond acceptors (Lipinski definition) is 3. The lowest BCUT2D eigenvalue weighted by molar-refractivity contribution is -0.150. The van der Waals surface area contributed by atoms with Crippen molar-refractivity contribution in [1.82, 2.24) is 14.8 Å². The first-order chi connectivity index (χ1) is 11.1. The van der Waals surface area contributed by atoms with Gasteiger partial charge >= 0.3 is 0 Å². The number of pyridine rings is 1. The van der Waals surface area contributed by atoms with Gasteiger partial charge in [0.25, 0.3) is 0 Å². The minimum absolute atomic E-state index is 0.0738. The van der Waals surface area contributed by atoms with Gasteiger partial charge in [0.2, 0.25) is 11.8 Å². The second-order valence-electron chi connectivity index (χ2n) is 7.67. The highest BCUT2D eigenvalue weighted by atomic mass is 16.2. The Morgan fingerprint density at radius 3 is 2.29 bits per heavy atom. The molecular weight excluding hydrogens is 306 g/mol. The monoisotopic (exact) mass is 333 g/mol. The smallest absolute Gasteiger partial charge is 0.228 e. The summed E-state index contributed by atoms with van der Waals surface area (Å²) in [6, 6.07) is 1.28. The van der Waals surface area contributed by atoms with E-state index in [1.54, 1.807) is 17.3 Å². The van der Waals surface area contributed by atoms with E-state index in [1.165, 1.54) is 6.07 Å². The summed E-state index contributed by atoms with van der Waals surface area (Å²) in [5, 5.41) is 0. The molecule has 1 N–H and O–H groups in total. The van der Waals surface area contributed by atoms with E-state index in [4.69, 9.17) is 0 Å². The summed E-state index contributed by atoms with van der Waals surface area (Å²) >= 11 is 0. The topological polar surface area (TPSA) is 73.5 Å². The minimum atomic E-state index is -0.428. The number of carbonyl (C=O) groups is 2. The average molecular weight is 333 g/mol. The van der Waals surface area contributed by atoms with Crippen molar-refractivity contribution in [2.45, 2.75) is 53.1 Å². The number of nitrogens with zero attached hydrogens (tertiary/aromatic N) is 2. The Hall–Kier alpha value is -2.11. The first kappa shape index (κ1) is 18.2. The van der Waals surface area contributed by atoms with Crippen LogP contribution in [0.3, 0.4) is 0 Å². The highest BCUT2D eigenvalue weighted by molar-refractivity contribution is 5.83. The maximum Gasteiger partial charge on any atom is 0.228 e. The molecule has 1 aromatic rings. The highest BCUT2D eigenvalue weighted by Gasteiger charge is 2.37. The normalized spacial score (nSPS) is 21.7. The van der Waals surface area contributed by atoms with Crippen molar-refractivity contribution in [2.24, 2.45) is 5.41 Å². The standard InChI is InChI=1S/C18H27N3O3/c1-12-10-20(17(24)18(3,4)5)11-13(2)21(12)16(23)8-14-9-19-7-6-15(14)22/h6-7,9,12-13H,8,10-11H2,1-5H3,(H,19,22). The van der Waals surface area contributed by atoms with Crippen molar-refractivity contribution in [3.63, 3.8) is 0 Å². The third-order valence-electron chi connectivity index (χ3n) is 4.38. The molecule has 6 nitrogen and oxygen atoms in total. The zero-order chi connectivity index (χ0) is 18.1. The van der Waals surface area contributed by atoms with Crippen LogP contribution in [0.5, 0.6) is 0 Å². The van der Waals surface area contributed by atoms with Gasteiger partial charge in [-0.1, -0.05) is 20.8 Å². The molecule has 132 valence electrons. The third kappa shape index (κ3) is 3.86. The van der Waals surface area contributed by atoms with E-state index in [1.807, 2.05) is 39.5 Å². The molecule has 0 aromatic carbocycles. The Labute approximate surface area is 142 Å². The first-order valence-electron chi connectivity index (χ1n) is 8.37. The fourth-order valence-electron chi connectivity index (χ4n) is 3.30. The zero-order valence-corrected chi connectivity index (χ0v) is 15.1. The Morgan fingerprint density at radius 2 is 1.79 bits per heavy atom. The van der Waals surface area contributed by atoms with E-state index in [0.29, 0.717) is 18.7 Å². The fraction of sp³-hybridized carbons (Fsp3) is 0.611. The van der Waals surface area contributed by atoms with Crippen LogP contribution in [0.25, 0.3) is 0 Å². The number of rotatable bonds is 2. The molecule has 0 aliphatic carbocycles. The van der Waals surface area contributed by atoms with Crippen molar-refractivity contribution in [3.05, 3.63) is 34.2 Å². The Balaban J connectivity index is 2.10. The molecule has 1 aliphatic heterocycles. The van der Waals surface area contributed by atoms with E-state index in [-0.39, 0.29) is 35.7 Å². The summed E-state index contributed by atoms with van der Waals surface area (Å²) in [6.07, 6.45) is 3.21. The molecule has 1 aromatic heterocycles. The van der Waals surface area contributed by atoms with Crippen LogP contribution in [0.1, 0.15) is 40.2 Å². The maximum atomic E-state index is 12.7. The predicted octanol–water partition coefficient (Wildman–Crippen LogP) is 1.41. The molecule has 1 saturated heterocycles. The van der Waals surface area contributed by atoms with Crippen LogP contribution in [-0.4, -0.2) is 51.8 Å². The number of carbonyl (C=O) groups excluding carboxylic acids is 2. The molecule has 1 fully saturated rings. The molecule has 0 bridgehead atoms. The summed E-state index contributed by atoms with van der Waals surface area (Å²) in [7, 11) is 0. The molecule has 24 heavy (non-hydrogen) atoms. The van der Waals surface area contributed by atoms with Crippen LogP contribution >= 0.6 is 0 Å². The summed E-state index contributed by atoms with van der Waals surface area (Å²) < 4.78 is 0. The van der Waals surface area contributed by atoms with Crippen LogP contribution in [0.2, 0.25) is 0 Å². The van der Waals surface area contributed by atoms with E-state index in [2.05, 4.69) is 4.98 Å². The number of aromatic amines is 1. The molecule has 2 unspecified atom stereocenters. The summed E-state index contributed by atoms with van der Waals surface area (Å²) in [5.74, 6) is 0.0300. The molecule has 2 atom stereocenters. The van der Waals surface area contributed by atoms with E-state index in [9.17, 15) is 14.4 Å². The molecule has 6 heteroatoms. The molecule has 2 rings (SSSR count). The number of amides is 2. The Bertz CT molecular complexity index is 663. The van der Waals surface area contributed by atoms with Crippen molar-refractivity contribution in [1.29, 1.82) is 0 Å². The molecule has 2 amide bonds. The van der Waals surface area contributed by atoms with Crippen LogP contribution in [-0.2, 0) is 16.0 Å². The molecular formula is C18H27N3O3. The van der Waals surface area contributed by atoms with Gasteiger partial charge in [-0.25, -0.2) is 0 Å². The predicted molar refractivity (Wildman–Crippen MR) is 92.6 cm³/mol. The Morgan fingerprint density at radius 1 is 1.21 bits per heavy atom. The van der Waals surface area contributed by atoms with E-state index in [0.717, 1.165) is 0 Å². The van der Waals surface area contributed by atoms with E-state index >= 15 is 0 Å². The van der Waals surface area contributed by atoms with Crippen LogP contribution in [0.15, 0.2) is 23.3 Å². The highest BCUT2D eigenvalue weighted by Crippen LogP contribution is 2.23. The zero-order valence-electron chi connectivity index (χ0n) is 15.1. The molecule has 0 radical (unpaired) electrons.